The highest BCUT2D eigenvalue weighted by molar-refractivity contribution is 5.58. The lowest BCUT2D eigenvalue weighted by atomic mass is 9.81. The first-order chi connectivity index (χ1) is 9.19. The van der Waals surface area contributed by atoms with Crippen molar-refractivity contribution in [1.82, 2.24) is 0 Å². The summed E-state index contributed by atoms with van der Waals surface area (Å²) >= 11 is 0. The van der Waals surface area contributed by atoms with Gasteiger partial charge >= 0.3 is 0 Å². The van der Waals surface area contributed by atoms with Crippen molar-refractivity contribution in [1.29, 1.82) is 5.26 Å². The zero-order valence-corrected chi connectivity index (χ0v) is 12.1. The van der Waals surface area contributed by atoms with Crippen LogP contribution >= 0.6 is 0 Å². The molecule has 0 heterocycles. The summed E-state index contributed by atoms with van der Waals surface area (Å²) in [4.78, 5) is 0. The van der Waals surface area contributed by atoms with E-state index in [1.165, 1.54) is 32.1 Å². The molecule has 19 heavy (non-hydrogen) atoms. The molecule has 2 heteroatoms. The summed E-state index contributed by atoms with van der Waals surface area (Å²) in [5, 5.41) is 12.6. The molecule has 1 fully saturated rings. The van der Waals surface area contributed by atoms with Crippen LogP contribution in [0.15, 0.2) is 18.2 Å². The SMILES string of the molecule is Cc1ccc(NCCC2CCCC(C)C2)c(C#N)c1. The fraction of sp³-hybridized carbons (Fsp3) is 0.588. The highest BCUT2D eigenvalue weighted by Gasteiger charge is 2.18. The lowest BCUT2D eigenvalue weighted by Gasteiger charge is -2.26. The van der Waals surface area contributed by atoms with Crippen LogP contribution in [-0.2, 0) is 0 Å². The second-order valence-electron chi connectivity index (χ2n) is 6.01. The van der Waals surface area contributed by atoms with Crippen LogP contribution in [0.4, 0.5) is 5.69 Å². The summed E-state index contributed by atoms with van der Waals surface area (Å²) in [6.45, 7) is 5.37. The van der Waals surface area contributed by atoms with E-state index in [4.69, 9.17) is 5.26 Å². The number of hydrogen-bond acceptors (Lipinski definition) is 2. The third-order valence-corrected chi connectivity index (χ3v) is 4.21. The number of hydrogen-bond donors (Lipinski definition) is 1. The summed E-state index contributed by atoms with van der Waals surface area (Å²) in [7, 11) is 0. The molecule has 2 unspecified atom stereocenters. The Balaban J connectivity index is 1.84. The monoisotopic (exact) mass is 256 g/mol. The molecule has 1 aliphatic carbocycles. The highest BCUT2D eigenvalue weighted by Crippen LogP contribution is 2.30. The fourth-order valence-corrected chi connectivity index (χ4v) is 3.14. The quantitative estimate of drug-likeness (QED) is 0.861. The number of nitriles is 1. The highest BCUT2D eigenvalue weighted by atomic mass is 14.9. The standard InChI is InChI=1S/C17H24N2/c1-13-4-3-5-15(10-13)8-9-19-17-7-6-14(2)11-16(17)12-18/h6-7,11,13,15,19H,3-5,8-10H2,1-2H3. The Labute approximate surface area is 116 Å². The first-order valence-corrected chi connectivity index (χ1v) is 7.43. The Kier molecular flexibility index (Phi) is 4.85. The molecule has 0 amide bonds. The van der Waals surface area contributed by atoms with Gasteiger partial charge in [0.05, 0.1) is 11.3 Å². The van der Waals surface area contributed by atoms with Gasteiger partial charge in [-0.25, -0.2) is 0 Å². The second kappa shape index (κ2) is 6.61. The Morgan fingerprint density at radius 2 is 2.21 bits per heavy atom. The number of nitrogens with one attached hydrogen (secondary N) is 1. The normalized spacial score (nSPS) is 22.8. The molecule has 102 valence electrons. The van der Waals surface area contributed by atoms with Crippen molar-refractivity contribution in [3.8, 4) is 6.07 Å². The molecule has 1 N–H and O–H groups in total. The van der Waals surface area contributed by atoms with Gasteiger partial charge in [0.2, 0.25) is 0 Å². The third kappa shape index (κ3) is 3.99. The summed E-state index contributed by atoms with van der Waals surface area (Å²) in [5.41, 5.74) is 2.89. The smallest absolute Gasteiger partial charge is 0.101 e. The average molecular weight is 256 g/mol. The van der Waals surface area contributed by atoms with Crippen LogP contribution in [0.2, 0.25) is 0 Å². The second-order valence-corrected chi connectivity index (χ2v) is 6.01. The van der Waals surface area contributed by atoms with Crippen molar-refractivity contribution in [2.75, 3.05) is 11.9 Å². The van der Waals surface area contributed by atoms with E-state index < -0.39 is 0 Å². The van der Waals surface area contributed by atoms with Crippen LogP contribution in [-0.4, -0.2) is 6.54 Å². The molecule has 0 aromatic heterocycles. The molecule has 1 saturated carbocycles. The average Bonchev–Trinajstić information content (AvgIpc) is 2.40. The molecule has 2 nitrogen and oxygen atoms in total. The van der Waals surface area contributed by atoms with Gasteiger partial charge in [-0.05, 0) is 49.3 Å². The van der Waals surface area contributed by atoms with E-state index in [9.17, 15) is 0 Å². The molecule has 0 spiro atoms. The molecule has 0 aliphatic heterocycles. The van der Waals surface area contributed by atoms with E-state index in [2.05, 4.69) is 24.4 Å². The number of rotatable bonds is 4. The number of anilines is 1. The summed E-state index contributed by atoms with van der Waals surface area (Å²) in [6.07, 6.45) is 6.77. The van der Waals surface area contributed by atoms with Crippen LogP contribution in [0.3, 0.4) is 0 Å². The minimum atomic E-state index is 0.761. The van der Waals surface area contributed by atoms with Gasteiger partial charge in [0.1, 0.15) is 6.07 Å². The van der Waals surface area contributed by atoms with Crippen molar-refractivity contribution in [2.45, 2.75) is 46.0 Å². The Bertz CT molecular complexity index is 459. The Morgan fingerprint density at radius 1 is 1.37 bits per heavy atom. The van der Waals surface area contributed by atoms with Crippen LogP contribution in [0.25, 0.3) is 0 Å². The number of benzene rings is 1. The molecule has 0 radical (unpaired) electrons. The maximum atomic E-state index is 9.14. The first kappa shape index (κ1) is 13.9. The van der Waals surface area contributed by atoms with Crippen molar-refractivity contribution < 1.29 is 0 Å². The zero-order valence-electron chi connectivity index (χ0n) is 12.1. The van der Waals surface area contributed by atoms with Crippen LogP contribution in [0, 0.1) is 30.1 Å². The van der Waals surface area contributed by atoms with Gasteiger partial charge in [0.25, 0.3) is 0 Å². The maximum Gasteiger partial charge on any atom is 0.101 e. The lowest BCUT2D eigenvalue weighted by Crippen LogP contribution is -2.16. The van der Waals surface area contributed by atoms with E-state index in [1.807, 2.05) is 19.1 Å². The van der Waals surface area contributed by atoms with E-state index in [-0.39, 0.29) is 0 Å². The Hall–Kier alpha value is -1.49. The van der Waals surface area contributed by atoms with Gasteiger partial charge in [-0.3, -0.25) is 0 Å². The van der Waals surface area contributed by atoms with Crippen molar-refractivity contribution in [3.63, 3.8) is 0 Å². The molecule has 2 atom stereocenters. The van der Waals surface area contributed by atoms with Gasteiger partial charge in [0, 0.05) is 6.54 Å². The summed E-state index contributed by atoms with van der Waals surface area (Å²) < 4.78 is 0. The van der Waals surface area contributed by atoms with Crippen molar-refractivity contribution >= 4 is 5.69 Å². The van der Waals surface area contributed by atoms with E-state index in [0.29, 0.717) is 0 Å². The zero-order chi connectivity index (χ0) is 13.7. The van der Waals surface area contributed by atoms with E-state index >= 15 is 0 Å². The molecular formula is C17H24N2. The Morgan fingerprint density at radius 3 is 2.95 bits per heavy atom. The molecule has 0 saturated heterocycles. The molecule has 0 bridgehead atoms. The van der Waals surface area contributed by atoms with E-state index in [1.54, 1.807) is 0 Å². The fourth-order valence-electron chi connectivity index (χ4n) is 3.14. The minimum absolute atomic E-state index is 0.761. The first-order valence-electron chi connectivity index (χ1n) is 7.43. The van der Waals surface area contributed by atoms with Crippen LogP contribution in [0.1, 0.15) is 50.2 Å². The summed E-state index contributed by atoms with van der Waals surface area (Å²) in [6, 6.07) is 8.31. The topological polar surface area (TPSA) is 35.8 Å². The lowest BCUT2D eigenvalue weighted by molar-refractivity contribution is 0.274. The number of nitrogens with zero attached hydrogens (tertiary/aromatic N) is 1. The third-order valence-electron chi connectivity index (χ3n) is 4.21. The van der Waals surface area contributed by atoms with Gasteiger partial charge in [-0.15, -0.1) is 0 Å². The van der Waals surface area contributed by atoms with Gasteiger partial charge in [-0.2, -0.15) is 5.26 Å². The number of aryl methyl sites for hydroxylation is 1. The molecule has 1 aliphatic rings. The molecule has 2 rings (SSSR count). The summed E-state index contributed by atoms with van der Waals surface area (Å²) in [5.74, 6) is 1.76. The molecule has 1 aromatic rings. The van der Waals surface area contributed by atoms with Crippen molar-refractivity contribution in [3.05, 3.63) is 29.3 Å². The largest absolute Gasteiger partial charge is 0.384 e. The molecular weight excluding hydrogens is 232 g/mol. The predicted molar refractivity (Wildman–Crippen MR) is 80.1 cm³/mol. The minimum Gasteiger partial charge on any atom is -0.384 e. The van der Waals surface area contributed by atoms with Gasteiger partial charge < -0.3 is 5.32 Å². The van der Waals surface area contributed by atoms with Crippen LogP contribution < -0.4 is 5.32 Å². The van der Waals surface area contributed by atoms with Gasteiger partial charge in [0.15, 0.2) is 0 Å². The van der Waals surface area contributed by atoms with Crippen molar-refractivity contribution in [2.24, 2.45) is 11.8 Å². The van der Waals surface area contributed by atoms with E-state index in [0.717, 1.165) is 35.2 Å². The molecule has 1 aromatic carbocycles. The van der Waals surface area contributed by atoms with Gasteiger partial charge in [-0.1, -0.05) is 32.3 Å². The maximum absolute atomic E-state index is 9.14. The predicted octanol–water partition coefficient (Wildman–Crippen LogP) is 4.50. The van der Waals surface area contributed by atoms with Crippen LogP contribution in [0.5, 0.6) is 0 Å².